The number of carbonyl (C=O) groups excluding carboxylic acids is 6. The topological polar surface area (TPSA) is 177 Å². The molecule has 4 fully saturated rings. The van der Waals surface area contributed by atoms with Crippen molar-refractivity contribution in [2.24, 2.45) is 0 Å². The summed E-state index contributed by atoms with van der Waals surface area (Å²) in [6.07, 6.45) is -8.89. The molecule has 4 saturated heterocycles. The molecule has 0 saturated carbocycles. The summed E-state index contributed by atoms with van der Waals surface area (Å²) in [6.45, 7) is -1.44. The van der Waals surface area contributed by atoms with Gasteiger partial charge in [-0.3, -0.25) is 38.6 Å². The Morgan fingerprint density at radius 2 is 1.06 bits per heavy atom. The maximum atomic E-state index is 14.3. The van der Waals surface area contributed by atoms with Crippen LogP contribution in [0.1, 0.15) is 11.1 Å². The maximum Gasteiger partial charge on any atom is 0.490 e. The SMILES string of the molecule is O=C(O)C(F)(F)F.O=C1CN(c2ccc(F)cc2F)C(=O)C2(CNC2)N1Cc1ccc(Cl)cc1.O=CN1CC2(C1)C(=O)N(c1ccc(F)cc1F)CC(=O)N2Cc1ccc(Cl)cc1.O=COCC(F)(F)F. The van der Waals surface area contributed by atoms with Crippen molar-refractivity contribution in [1.29, 1.82) is 0 Å². The monoisotopic (exact) mass is 1050 g/mol. The maximum absolute atomic E-state index is 14.3. The number of benzene rings is 4. The summed E-state index contributed by atoms with van der Waals surface area (Å²) in [5.41, 5.74) is -1.02. The molecule has 0 aliphatic carbocycles. The van der Waals surface area contributed by atoms with E-state index in [1.807, 2.05) is 0 Å². The van der Waals surface area contributed by atoms with Crippen LogP contribution in [0.4, 0.5) is 55.3 Å². The lowest BCUT2D eigenvalue weighted by Gasteiger charge is -2.57. The highest BCUT2D eigenvalue weighted by Crippen LogP contribution is 2.38. The molecule has 4 aromatic rings. The van der Waals surface area contributed by atoms with Crippen LogP contribution in [-0.2, 0) is 51.4 Å². The fourth-order valence-electron chi connectivity index (χ4n) is 7.45. The molecule has 8 rings (SSSR count). The number of carbonyl (C=O) groups is 7. The third-order valence-electron chi connectivity index (χ3n) is 10.9. The molecule has 0 bridgehead atoms. The summed E-state index contributed by atoms with van der Waals surface area (Å²) in [5, 5.41) is 11.3. The third-order valence-corrected chi connectivity index (χ3v) is 11.4. The first-order valence-corrected chi connectivity index (χ1v) is 21.0. The molecule has 2 spiro atoms. The summed E-state index contributed by atoms with van der Waals surface area (Å²) >= 11 is 11.8. The Morgan fingerprint density at radius 3 is 1.37 bits per heavy atom. The lowest BCUT2D eigenvalue weighted by molar-refractivity contribution is -0.192. The number of rotatable bonds is 9. The minimum absolute atomic E-state index is 0.00791. The Labute approximate surface area is 405 Å². The first-order chi connectivity index (χ1) is 33.2. The van der Waals surface area contributed by atoms with Gasteiger partial charge in [0.05, 0.1) is 24.5 Å². The molecule has 0 atom stereocenters. The van der Waals surface area contributed by atoms with Crippen LogP contribution in [-0.4, -0.2) is 132 Å². The molecular weight excluding hydrogens is 1020 g/mol. The van der Waals surface area contributed by atoms with E-state index in [2.05, 4.69) is 10.1 Å². The van der Waals surface area contributed by atoms with Crippen molar-refractivity contribution in [1.82, 2.24) is 20.0 Å². The number of nitrogens with one attached hydrogen (secondary N) is 1. The molecule has 4 aliphatic rings. The van der Waals surface area contributed by atoms with Gasteiger partial charge in [0.1, 0.15) is 41.9 Å². The molecular formula is C44H36Cl2F10N6O9. The average Bonchev–Trinajstić information content (AvgIpc) is 3.26. The predicted molar refractivity (Wildman–Crippen MR) is 229 cm³/mol. The van der Waals surface area contributed by atoms with Crippen LogP contribution in [0.2, 0.25) is 10.0 Å². The molecule has 0 unspecified atom stereocenters. The molecule has 71 heavy (non-hydrogen) atoms. The van der Waals surface area contributed by atoms with Crippen LogP contribution in [0.3, 0.4) is 0 Å². The van der Waals surface area contributed by atoms with E-state index in [9.17, 15) is 67.9 Å². The number of carboxylic acids is 1. The van der Waals surface area contributed by atoms with Crippen LogP contribution in [0.15, 0.2) is 84.9 Å². The van der Waals surface area contributed by atoms with Crippen molar-refractivity contribution < 1.29 is 87.3 Å². The van der Waals surface area contributed by atoms with Crippen LogP contribution in [0.5, 0.6) is 0 Å². The van der Waals surface area contributed by atoms with Crippen molar-refractivity contribution in [2.45, 2.75) is 36.5 Å². The molecule has 0 radical (unpaired) electrons. The standard InChI is InChI=1S/C20H16ClF2N3O3.C19H16ClF2N3O2.C3H3F3O2.C2HF3O2/c21-14-3-1-13(2-4-14)8-26-18(28)9-25(17-6-5-15(22)7-16(17)23)19(29)20(26)10-24(11-20)12-27;20-13-3-1-12(2-4-13)8-25-17(26)9-24(18(27)19(25)10-23-11-19)16-6-5-14(21)7-15(16)22;4-3(5,6)1-8-2-7;3-2(4,5)1(6)7/h1-7,12H,8-11H2;1-7,23H,8-11H2;2H,1H2;(H,6,7). The van der Waals surface area contributed by atoms with E-state index in [0.717, 1.165) is 39.1 Å². The minimum atomic E-state index is -5.08. The lowest BCUT2D eigenvalue weighted by atomic mass is 9.83. The molecule has 4 aliphatic heterocycles. The van der Waals surface area contributed by atoms with Crippen LogP contribution in [0, 0.1) is 23.3 Å². The zero-order valence-electron chi connectivity index (χ0n) is 36.1. The van der Waals surface area contributed by atoms with Gasteiger partial charge in [0, 0.05) is 48.4 Å². The number of amides is 5. The van der Waals surface area contributed by atoms with Gasteiger partial charge in [-0.05, 0) is 59.7 Å². The van der Waals surface area contributed by atoms with Crippen molar-refractivity contribution in [2.75, 3.05) is 55.7 Å². The molecule has 5 amide bonds. The van der Waals surface area contributed by atoms with Crippen molar-refractivity contribution in [3.05, 3.63) is 129 Å². The van der Waals surface area contributed by atoms with E-state index in [-0.39, 0.29) is 82.0 Å². The summed E-state index contributed by atoms with van der Waals surface area (Å²) in [4.78, 5) is 88.0. The van der Waals surface area contributed by atoms with Crippen molar-refractivity contribution in [3.63, 3.8) is 0 Å². The fourth-order valence-corrected chi connectivity index (χ4v) is 7.70. The molecule has 27 heteroatoms. The number of hydrogen-bond donors (Lipinski definition) is 2. The minimum Gasteiger partial charge on any atom is -0.475 e. The smallest absolute Gasteiger partial charge is 0.475 e. The Bertz CT molecular complexity index is 2640. The second-order valence-electron chi connectivity index (χ2n) is 15.7. The molecule has 4 aromatic carbocycles. The van der Waals surface area contributed by atoms with Crippen molar-refractivity contribution in [3.8, 4) is 0 Å². The van der Waals surface area contributed by atoms with Gasteiger partial charge in [0.25, 0.3) is 18.3 Å². The summed E-state index contributed by atoms with van der Waals surface area (Å²) < 4.78 is 123. The van der Waals surface area contributed by atoms with E-state index in [0.29, 0.717) is 28.6 Å². The number of piperazine rings is 2. The number of hydrogen-bond acceptors (Lipinski definition) is 9. The van der Waals surface area contributed by atoms with E-state index in [4.69, 9.17) is 37.9 Å². The largest absolute Gasteiger partial charge is 0.490 e. The Kier molecular flexibility index (Phi) is 17.3. The molecule has 0 aromatic heterocycles. The van der Waals surface area contributed by atoms with Gasteiger partial charge < -0.3 is 29.9 Å². The Morgan fingerprint density at radius 1 is 0.662 bits per heavy atom. The van der Waals surface area contributed by atoms with Gasteiger partial charge in [0.15, 0.2) is 12.1 Å². The highest BCUT2D eigenvalue weighted by Gasteiger charge is 2.60. The lowest BCUT2D eigenvalue weighted by Crippen LogP contribution is -2.80. The van der Waals surface area contributed by atoms with Gasteiger partial charge in [-0.2, -0.15) is 26.3 Å². The van der Waals surface area contributed by atoms with Crippen LogP contribution in [0.25, 0.3) is 0 Å². The van der Waals surface area contributed by atoms with Gasteiger partial charge in [-0.15, -0.1) is 0 Å². The molecule has 15 nitrogen and oxygen atoms in total. The first-order valence-electron chi connectivity index (χ1n) is 20.2. The van der Waals surface area contributed by atoms with Gasteiger partial charge in [-0.25, -0.2) is 22.4 Å². The molecule has 2 N–H and O–H groups in total. The number of aliphatic carboxylic acids is 1. The second kappa shape index (κ2) is 22.4. The zero-order valence-corrected chi connectivity index (χ0v) is 37.6. The summed E-state index contributed by atoms with van der Waals surface area (Å²) in [6, 6.07) is 19.7. The number of likely N-dealkylation sites (tertiary alicyclic amines) is 1. The van der Waals surface area contributed by atoms with Crippen LogP contribution < -0.4 is 15.1 Å². The number of halogens is 12. The number of anilines is 2. The number of ether oxygens (including phenoxy) is 1. The van der Waals surface area contributed by atoms with E-state index < -0.39 is 71.1 Å². The molecule has 380 valence electrons. The van der Waals surface area contributed by atoms with E-state index >= 15 is 0 Å². The Balaban J connectivity index is 0.000000206. The average molecular weight is 1050 g/mol. The quantitative estimate of drug-likeness (QED) is 0.152. The molecule has 4 heterocycles. The Hall–Kier alpha value is -6.99. The van der Waals surface area contributed by atoms with Crippen LogP contribution >= 0.6 is 23.2 Å². The van der Waals surface area contributed by atoms with Gasteiger partial charge >= 0.3 is 18.3 Å². The van der Waals surface area contributed by atoms with Gasteiger partial charge in [0.2, 0.25) is 18.2 Å². The van der Waals surface area contributed by atoms with E-state index in [1.165, 1.54) is 20.8 Å². The highest BCUT2D eigenvalue weighted by molar-refractivity contribution is 6.30. The third kappa shape index (κ3) is 13.1. The normalized spacial score (nSPS) is 16.9. The summed E-state index contributed by atoms with van der Waals surface area (Å²) in [5.74, 6) is -7.65. The second-order valence-corrected chi connectivity index (χ2v) is 16.6. The van der Waals surface area contributed by atoms with E-state index in [1.54, 1.807) is 48.5 Å². The van der Waals surface area contributed by atoms with Crippen molar-refractivity contribution >= 4 is 77.1 Å². The number of alkyl halides is 6. The highest BCUT2D eigenvalue weighted by atomic mass is 35.5. The predicted octanol–water partition coefficient (Wildman–Crippen LogP) is 5.90. The summed E-state index contributed by atoms with van der Waals surface area (Å²) in [7, 11) is 0. The first kappa shape index (κ1) is 54.9. The zero-order chi connectivity index (χ0) is 52.6. The number of nitrogens with zero attached hydrogens (tertiary/aromatic N) is 5. The van der Waals surface area contributed by atoms with Gasteiger partial charge in [-0.1, -0.05) is 47.5 Å². The number of carboxylic acid groups (broad SMARTS) is 1. The fraction of sp³-hybridized carbons (Fsp3) is 0.295.